The van der Waals surface area contributed by atoms with Gasteiger partial charge in [0.25, 0.3) is 0 Å². The van der Waals surface area contributed by atoms with E-state index in [-0.39, 0.29) is 18.2 Å². The second-order valence-electron chi connectivity index (χ2n) is 6.53. The van der Waals surface area contributed by atoms with Gasteiger partial charge in [-0.05, 0) is 23.6 Å². The molecule has 0 aliphatic rings. The van der Waals surface area contributed by atoms with Gasteiger partial charge in [0, 0.05) is 29.3 Å². The van der Waals surface area contributed by atoms with E-state index >= 15 is 0 Å². The van der Waals surface area contributed by atoms with Crippen LogP contribution in [0.15, 0.2) is 60.8 Å². The third kappa shape index (κ3) is 4.71. The molecule has 1 unspecified atom stereocenters. The van der Waals surface area contributed by atoms with Gasteiger partial charge in [-0.2, -0.15) is 12.6 Å². The number of aromatic nitrogens is 1. The van der Waals surface area contributed by atoms with Crippen LogP contribution < -0.4 is 5.32 Å². The maximum Gasteiger partial charge on any atom is 0.326 e. The molecule has 3 rings (SSSR count). The fourth-order valence-corrected chi connectivity index (χ4v) is 3.44. The molecule has 1 aromatic heterocycles. The molecule has 0 fully saturated rings. The number of thiol groups is 1. The molecule has 0 spiro atoms. The highest BCUT2D eigenvalue weighted by Crippen LogP contribution is 2.19. The summed E-state index contributed by atoms with van der Waals surface area (Å²) >= 11 is 4.28. The number of rotatable bonds is 8. The summed E-state index contributed by atoms with van der Waals surface area (Å²) in [6, 6.07) is 16.4. The van der Waals surface area contributed by atoms with Gasteiger partial charge < -0.3 is 15.4 Å². The van der Waals surface area contributed by atoms with Gasteiger partial charge in [0.15, 0.2) is 0 Å². The van der Waals surface area contributed by atoms with Gasteiger partial charge in [-0.3, -0.25) is 4.79 Å². The smallest absolute Gasteiger partial charge is 0.326 e. The van der Waals surface area contributed by atoms with Gasteiger partial charge in [-0.1, -0.05) is 48.5 Å². The second kappa shape index (κ2) is 8.77. The lowest BCUT2D eigenvalue weighted by Gasteiger charge is -2.19. The minimum atomic E-state index is -1.05. The fourth-order valence-electron chi connectivity index (χ4n) is 3.15. The van der Waals surface area contributed by atoms with E-state index < -0.39 is 12.0 Å². The number of H-pyrrole nitrogens is 1. The number of aromatic amines is 1. The van der Waals surface area contributed by atoms with E-state index in [2.05, 4.69) is 22.9 Å². The van der Waals surface area contributed by atoms with Crippen molar-refractivity contribution in [3.63, 3.8) is 0 Å². The Kier molecular flexibility index (Phi) is 6.19. The Labute approximate surface area is 163 Å². The van der Waals surface area contributed by atoms with E-state index in [1.165, 1.54) is 0 Å². The van der Waals surface area contributed by atoms with Crippen LogP contribution in [-0.2, 0) is 22.4 Å². The van der Waals surface area contributed by atoms with Crippen molar-refractivity contribution in [1.82, 2.24) is 10.3 Å². The van der Waals surface area contributed by atoms with Crippen molar-refractivity contribution in [3.05, 3.63) is 71.9 Å². The molecule has 0 radical (unpaired) electrons. The highest BCUT2D eigenvalue weighted by atomic mass is 32.1. The Morgan fingerprint density at radius 3 is 2.44 bits per heavy atom. The summed E-state index contributed by atoms with van der Waals surface area (Å²) in [5.74, 6) is -1.38. The fraction of sp³-hybridized carbons (Fsp3) is 0.238. The number of hydrogen-bond donors (Lipinski definition) is 4. The molecule has 5 nitrogen and oxygen atoms in total. The number of benzene rings is 2. The number of carboxylic acids is 1. The third-order valence-corrected chi connectivity index (χ3v) is 5.07. The maximum atomic E-state index is 12.7. The molecule has 27 heavy (non-hydrogen) atoms. The predicted octanol–water partition coefficient (Wildman–Crippen LogP) is 3.07. The van der Waals surface area contributed by atoms with Crippen LogP contribution in [0.5, 0.6) is 0 Å². The zero-order valence-electron chi connectivity index (χ0n) is 14.8. The highest BCUT2D eigenvalue weighted by molar-refractivity contribution is 7.80. The molecule has 0 aliphatic carbocycles. The second-order valence-corrected chi connectivity index (χ2v) is 6.90. The molecule has 0 bridgehead atoms. The molecule has 0 saturated heterocycles. The molecule has 3 aromatic rings. The standard InChI is InChI=1S/C21H22N2O3S/c24-20(16(13-27)10-14-6-2-1-3-7-14)23-19(21(25)26)11-15-12-22-18-9-5-4-8-17(15)18/h1-9,12,16,19,22,27H,10-11,13H2,(H,23,24)(H,25,26)/t16?,19-/m1/s1. The monoisotopic (exact) mass is 382 g/mol. The molecule has 140 valence electrons. The van der Waals surface area contributed by atoms with Crippen molar-refractivity contribution in [2.24, 2.45) is 5.92 Å². The number of nitrogens with one attached hydrogen (secondary N) is 2. The van der Waals surface area contributed by atoms with Crippen molar-refractivity contribution in [3.8, 4) is 0 Å². The Balaban J connectivity index is 1.71. The summed E-state index contributed by atoms with van der Waals surface area (Å²) in [5, 5.41) is 13.2. The topological polar surface area (TPSA) is 82.2 Å². The normalized spacial score (nSPS) is 13.2. The van der Waals surface area contributed by atoms with E-state index in [0.717, 1.165) is 22.0 Å². The zero-order valence-corrected chi connectivity index (χ0v) is 15.7. The molecule has 2 atom stereocenters. The van der Waals surface area contributed by atoms with E-state index in [0.29, 0.717) is 12.2 Å². The first-order valence-electron chi connectivity index (χ1n) is 8.81. The van der Waals surface area contributed by atoms with Crippen molar-refractivity contribution >= 4 is 35.4 Å². The van der Waals surface area contributed by atoms with Crippen LogP contribution >= 0.6 is 12.6 Å². The summed E-state index contributed by atoms with van der Waals surface area (Å²) in [6.07, 6.45) is 2.54. The summed E-state index contributed by atoms with van der Waals surface area (Å²) in [4.78, 5) is 27.5. The Hall–Kier alpha value is -2.73. The first-order valence-corrected chi connectivity index (χ1v) is 9.44. The minimum Gasteiger partial charge on any atom is -0.480 e. The van der Waals surface area contributed by atoms with Crippen LogP contribution in [0.3, 0.4) is 0 Å². The van der Waals surface area contributed by atoms with Crippen molar-refractivity contribution in [1.29, 1.82) is 0 Å². The van der Waals surface area contributed by atoms with Crippen LogP contribution in [-0.4, -0.2) is 33.8 Å². The van der Waals surface area contributed by atoms with Gasteiger partial charge in [0.2, 0.25) is 5.91 Å². The van der Waals surface area contributed by atoms with Gasteiger partial charge in [-0.25, -0.2) is 4.79 Å². The first kappa shape index (κ1) is 19.0. The Morgan fingerprint density at radius 1 is 1.04 bits per heavy atom. The van der Waals surface area contributed by atoms with Gasteiger partial charge in [-0.15, -0.1) is 0 Å². The number of carboxylic acid groups (broad SMARTS) is 1. The van der Waals surface area contributed by atoms with E-state index in [1.807, 2.05) is 54.6 Å². The largest absolute Gasteiger partial charge is 0.480 e. The molecule has 3 N–H and O–H groups in total. The van der Waals surface area contributed by atoms with E-state index in [4.69, 9.17) is 0 Å². The Bertz CT molecular complexity index is 923. The van der Waals surface area contributed by atoms with Crippen molar-refractivity contribution in [2.75, 3.05) is 5.75 Å². The Morgan fingerprint density at radius 2 is 1.74 bits per heavy atom. The predicted molar refractivity (Wildman–Crippen MR) is 109 cm³/mol. The van der Waals surface area contributed by atoms with E-state index in [1.54, 1.807) is 6.20 Å². The lowest BCUT2D eigenvalue weighted by atomic mass is 9.99. The van der Waals surface area contributed by atoms with Crippen LogP contribution in [0.25, 0.3) is 10.9 Å². The van der Waals surface area contributed by atoms with Crippen LogP contribution in [0, 0.1) is 5.92 Å². The molecular formula is C21H22N2O3S. The van der Waals surface area contributed by atoms with E-state index in [9.17, 15) is 14.7 Å². The van der Waals surface area contributed by atoms with Crippen LogP contribution in [0.2, 0.25) is 0 Å². The summed E-state index contributed by atoms with van der Waals surface area (Å²) in [5.41, 5.74) is 2.83. The first-order chi connectivity index (χ1) is 13.1. The average Bonchev–Trinajstić information content (AvgIpc) is 3.09. The summed E-state index contributed by atoms with van der Waals surface area (Å²) < 4.78 is 0. The number of para-hydroxylation sites is 1. The van der Waals surface area contributed by atoms with Crippen LogP contribution in [0.1, 0.15) is 11.1 Å². The third-order valence-electron chi connectivity index (χ3n) is 4.63. The lowest BCUT2D eigenvalue weighted by molar-refractivity contribution is -0.142. The quantitative estimate of drug-likeness (QED) is 0.452. The minimum absolute atomic E-state index is 0.218. The molecule has 6 heteroatoms. The number of aliphatic carboxylic acids is 1. The van der Waals surface area contributed by atoms with Gasteiger partial charge in [0.05, 0.1) is 5.92 Å². The van der Waals surface area contributed by atoms with Crippen molar-refractivity contribution in [2.45, 2.75) is 18.9 Å². The SMILES string of the molecule is O=C(N[C@H](Cc1c[nH]c2ccccc12)C(=O)O)C(CS)Cc1ccccc1. The van der Waals surface area contributed by atoms with Gasteiger partial charge in [0.1, 0.15) is 6.04 Å². The molecular weight excluding hydrogens is 360 g/mol. The average molecular weight is 382 g/mol. The molecule has 0 saturated carbocycles. The summed E-state index contributed by atoms with van der Waals surface area (Å²) in [6.45, 7) is 0. The van der Waals surface area contributed by atoms with Gasteiger partial charge >= 0.3 is 5.97 Å². The molecule has 2 aromatic carbocycles. The number of hydrogen-bond acceptors (Lipinski definition) is 3. The highest BCUT2D eigenvalue weighted by Gasteiger charge is 2.25. The number of amides is 1. The molecule has 1 heterocycles. The summed E-state index contributed by atoms with van der Waals surface area (Å²) in [7, 11) is 0. The zero-order chi connectivity index (χ0) is 19.2. The molecule has 0 aliphatic heterocycles. The van der Waals surface area contributed by atoms with Crippen LogP contribution in [0.4, 0.5) is 0 Å². The number of carbonyl (C=O) groups excluding carboxylic acids is 1. The van der Waals surface area contributed by atoms with Crippen molar-refractivity contribution < 1.29 is 14.7 Å². The molecule has 1 amide bonds. The maximum absolute atomic E-state index is 12.7. The number of fused-ring (bicyclic) bond motifs is 1. The lowest BCUT2D eigenvalue weighted by Crippen LogP contribution is -2.45. The number of carbonyl (C=O) groups is 2.